The van der Waals surface area contributed by atoms with Gasteiger partial charge in [-0.05, 0) is 75.5 Å². The lowest BCUT2D eigenvalue weighted by molar-refractivity contribution is 0.0111. The second-order valence-electron chi connectivity index (χ2n) is 11.8. The first kappa shape index (κ1) is 27.6. The summed E-state index contributed by atoms with van der Waals surface area (Å²) in [6.45, 7) is 12.5. The van der Waals surface area contributed by atoms with Crippen molar-refractivity contribution in [2.75, 3.05) is 13.1 Å². The third kappa shape index (κ3) is 6.72. The molecule has 0 N–H and O–H groups in total. The first-order valence-corrected chi connectivity index (χ1v) is 14.7. The van der Waals surface area contributed by atoms with Crippen LogP contribution in [0.2, 0.25) is 0 Å². The summed E-state index contributed by atoms with van der Waals surface area (Å²) in [4.78, 5) is 18.5. The van der Waals surface area contributed by atoms with Gasteiger partial charge in [-0.25, -0.2) is 22.6 Å². The number of amides is 1. The number of ether oxygens (including phenoxy) is 2. The van der Waals surface area contributed by atoms with Gasteiger partial charge in [0.15, 0.2) is 15.7 Å². The van der Waals surface area contributed by atoms with E-state index in [0.717, 1.165) is 6.42 Å². The van der Waals surface area contributed by atoms with Crippen molar-refractivity contribution < 1.29 is 27.1 Å². The first-order chi connectivity index (χ1) is 17.3. The van der Waals surface area contributed by atoms with E-state index in [9.17, 15) is 13.2 Å². The number of sulfone groups is 1. The fourth-order valence-corrected chi connectivity index (χ4v) is 6.77. The molecule has 4 rings (SSSR count). The van der Waals surface area contributed by atoms with E-state index in [1.807, 2.05) is 20.8 Å². The van der Waals surface area contributed by atoms with Gasteiger partial charge >= 0.3 is 6.09 Å². The van der Waals surface area contributed by atoms with Crippen LogP contribution in [0.15, 0.2) is 40.9 Å². The molecule has 1 aromatic carbocycles. The van der Waals surface area contributed by atoms with Crippen LogP contribution in [0.5, 0.6) is 0 Å². The second-order valence-corrected chi connectivity index (χ2v) is 14.0. The van der Waals surface area contributed by atoms with Crippen molar-refractivity contribution in [3.8, 4) is 0 Å². The van der Waals surface area contributed by atoms with E-state index in [0.29, 0.717) is 69.0 Å². The quantitative estimate of drug-likeness (QED) is 0.317. The van der Waals surface area contributed by atoms with Gasteiger partial charge in [-0.3, -0.25) is 0 Å². The Balaban J connectivity index is 1.37. The summed E-state index contributed by atoms with van der Waals surface area (Å²) in [5, 5.41) is -0.363. The minimum absolute atomic E-state index is 0.0733. The normalized spacial score (nSPS) is 25.1. The molecule has 7 nitrogen and oxygen atoms in total. The molecule has 1 amide bonds. The highest BCUT2D eigenvalue weighted by Gasteiger charge is 2.52. The number of rotatable bonds is 8. The Bertz CT molecular complexity index is 1160. The van der Waals surface area contributed by atoms with Crippen LogP contribution in [0.4, 0.5) is 9.18 Å². The first-order valence-electron chi connectivity index (χ1n) is 13.2. The third-order valence-corrected chi connectivity index (χ3v) is 9.85. The van der Waals surface area contributed by atoms with Gasteiger partial charge in [0.05, 0.1) is 10.1 Å². The summed E-state index contributed by atoms with van der Waals surface area (Å²) in [6, 6.07) is 4.34. The highest BCUT2D eigenvalue weighted by molar-refractivity contribution is 7.92. The summed E-state index contributed by atoms with van der Waals surface area (Å²) in [6.07, 6.45) is 5.66. The van der Waals surface area contributed by atoms with Crippen LogP contribution in [-0.2, 0) is 25.7 Å². The van der Waals surface area contributed by atoms with Gasteiger partial charge in [-0.15, -0.1) is 0 Å². The van der Waals surface area contributed by atoms with Crippen LogP contribution in [0.1, 0.15) is 71.8 Å². The minimum Gasteiger partial charge on any atom is -0.477 e. The molecule has 9 heteroatoms. The summed E-state index contributed by atoms with van der Waals surface area (Å²) >= 11 is 0. The minimum atomic E-state index is -3.43. The predicted molar refractivity (Wildman–Crippen MR) is 141 cm³/mol. The van der Waals surface area contributed by atoms with E-state index in [1.54, 1.807) is 17.0 Å². The van der Waals surface area contributed by atoms with Crippen LogP contribution >= 0.6 is 0 Å². The molecule has 0 radical (unpaired) electrons. The maximum absolute atomic E-state index is 15.0. The van der Waals surface area contributed by atoms with Crippen LogP contribution < -0.4 is 0 Å². The maximum atomic E-state index is 15.0. The Morgan fingerprint density at radius 1 is 1.24 bits per heavy atom. The van der Waals surface area contributed by atoms with Gasteiger partial charge in [-0.2, -0.15) is 0 Å². The van der Waals surface area contributed by atoms with Crippen LogP contribution in [0, 0.1) is 17.2 Å². The zero-order valence-corrected chi connectivity index (χ0v) is 23.2. The van der Waals surface area contributed by atoms with Crippen LogP contribution in [0.3, 0.4) is 0 Å². The van der Waals surface area contributed by atoms with E-state index >= 15 is 4.39 Å². The lowest BCUT2D eigenvalue weighted by Gasteiger charge is -2.34. The summed E-state index contributed by atoms with van der Waals surface area (Å²) in [7, 11) is -3.43. The van der Waals surface area contributed by atoms with Crippen LogP contribution in [-0.4, -0.2) is 55.4 Å². The average molecular weight is 535 g/mol. The zero-order chi connectivity index (χ0) is 27.0. The molecule has 2 aliphatic carbocycles. The molecule has 2 saturated carbocycles. The molecule has 0 aromatic heterocycles. The molecular weight excluding hydrogens is 495 g/mol. The van der Waals surface area contributed by atoms with E-state index in [4.69, 9.17) is 9.47 Å². The van der Waals surface area contributed by atoms with Crippen molar-refractivity contribution in [2.45, 2.75) is 94.5 Å². The Labute approximate surface area is 220 Å². The van der Waals surface area contributed by atoms with Gasteiger partial charge in [-0.1, -0.05) is 19.6 Å². The number of benzene rings is 1. The molecule has 3 fully saturated rings. The fraction of sp³-hybridized carbons (Fsp3) is 0.643. The Kier molecular flexibility index (Phi) is 7.75. The summed E-state index contributed by atoms with van der Waals surface area (Å²) < 4.78 is 51.8. The molecule has 2 atom stereocenters. The smallest absolute Gasteiger partial charge is 0.410 e. The van der Waals surface area contributed by atoms with Crippen molar-refractivity contribution in [1.82, 2.24) is 4.90 Å². The SMILES string of the molecule is C=CN=C(CC1(Cc2ccc(S(=O)(=O)C3CC3)cc2F)CC1C)OC1CCN(C(=O)OC(C)(C)C)CC1. The van der Waals surface area contributed by atoms with Gasteiger partial charge in [0, 0.05) is 38.6 Å². The number of carbonyl (C=O) groups excluding carboxylic acids is 1. The zero-order valence-electron chi connectivity index (χ0n) is 22.3. The fourth-order valence-electron chi connectivity index (χ4n) is 5.10. The molecule has 2 unspecified atom stereocenters. The molecule has 1 saturated heterocycles. The second kappa shape index (κ2) is 10.4. The molecule has 0 spiro atoms. The standard InChI is InChI=1S/C28H39FN2O5S/c1-6-30-25(35-21-11-13-31(14-12-21)26(32)36-27(3,4)5)18-28(16-19(28)2)17-20-7-8-23(15-24(20)29)37(33,34)22-9-10-22/h6-8,15,19,21-22H,1,9-14,16-18H2,2-5H3. The monoisotopic (exact) mass is 534 g/mol. The lowest BCUT2D eigenvalue weighted by atomic mass is 9.90. The van der Waals surface area contributed by atoms with Gasteiger partial charge in [0.1, 0.15) is 17.5 Å². The number of carbonyl (C=O) groups is 1. The van der Waals surface area contributed by atoms with E-state index in [2.05, 4.69) is 18.5 Å². The van der Waals surface area contributed by atoms with Crippen molar-refractivity contribution in [3.63, 3.8) is 0 Å². The number of piperidine rings is 1. The Morgan fingerprint density at radius 2 is 1.89 bits per heavy atom. The van der Waals surface area contributed by atoms with Crippen molar-refractivity contribution in [1.29, 1.82) is 0 Å². The van der Waals surface area contributed by atoms with Gasteiger partial charge in [0.25, 0.3) is 0 Å². The average Bonchev–Trinajstić information content (AvgIpc) is 3.73. The largest absolute Gasteiger partial charge is 0.477 e. The maximum Gasteiger partial charge on any atom is 0.410 e. The number of likely N-dealkylation sites (tertiary alicyclic amines) is 1. The molecule has 204 valence electrons. The highest BCUT2D eigenvalue weighted by atomic mass is 32.2. The summed E-state index contributed by atoms with van der Waals surface area (Å²) in [5.41, 5.74) is -0.214. The Morgan fingerprint density at radius 3 is 2.41 bits per heavy atom. The number of aliphatic imine (C=N–C) groups is 1. The molecule has 0 bridgehead atoms. The van der Waals surface area contributed by atoms with Crippen molar-refractivity contribution >= 4 is 21.8 Å². The van der Waals surface area contributed by atoms with Gasteiger partial charge < -0.3 is 14.4 Å². The van der Waals surface area contributed by atoms with Crippen LogP contribution in [0.25, 0.3) is 0 Å². The topological polar surface area (TPSA) is 85.3 Å². The predicted octanol–water partition coefficient (Wildman–Crippen LogP) is 5.68. The molecule has 3 aliphatic rings. The molecule has 37 heavy (non-hydrogen) atoms. The number of nitrogens with zero attached hydrogens (tertiary/aromatic N) is 2. The number of hydrogen-bond donors (Lipinski definition) is 0. The molecular formula is C28H39FN2O5S. The van der Waals surface area contributed by atoms with Gasteiger partial charge in [0.2, 0.25) is 0 Å². The highest BCUT2D eigenvalue weighted by Crippen LogP contribution is 2.57. The van der Waals surface area contributed by atoms with E-state index < -0.39 is 21.3 Å². The lowest BCUT2D eigenvalue weighted by Crippen LogP contribution is -2.44. The molecule has 1 aliphatic heterocycles. The van der Waals surface area contributed by atoms with E-state index in [-0.39, 0.29) is 27.8 Å². The molecule has 1 aromatic rings. The third-order valence-electron chi connectivity index (χ3n) is 7.59. The Hall–Kier alpha value is -2.42. The van der Waals surface area contributed by atoms with E-state index in [1.165, 1.54) is 12.3 Å². The summed E-state index contributed by atoms with van der Waals surface area (Å²) in [5.74, 6) is 0.454. The number of halogens is 1. The number of hydrogen-bond acceptors (Lipinski definition) is 6. The van der Waals surface area contributed by atoms with Crippen molar-refractivity contribution in [2.24, 2.45) is 16.3 Å². The van der Waals surface area contributed by atoms with Crippen molar-refractivity contribution in [3.05, 3.63) is 42.4 Å². The molecule has 1 heterocycles.